The largest absolute Gasteiger partial charge is 0.497 e. The Bertz CT molecular complexity index is 1310. The number of methoxy groups -OCH3 is 2. The van der Waals surface area contributed by atoms with Crippen LogP contribution in [0.2, 0.25) is 0 Å². The summed E-state index contributed by atoms with van der Waals surface area (Å²) in [6.07, 6.45) is 1.60. The predicted molar refractivity (Wildman–Crippen MR) is 115 cm³/mol. The van der Waals surface area contributed by atoms with Gasteiger partial charge in [-0.25, -0.2) is 4.98 Å². The number of fused-ring (bicyclic) bond motifs is 3. The maximum absolute atomic E-state index is 12.9. The first-order valence-corrected chi connectivity index (χ1v) is 9.49. The topological polar surface area (TPSA) is 98.2 Å². The molecule has 2 aromatic heterocycles. The quantitative estimate of drug-likeness (QED) is 0.512. The summed E-state index contributed by atoms with van der Waals surface area (Å²) in [5.74, 6) is 0.887. The normalized spacial score (nSPS) is 11.0. The third-order valence-electron chi connectivity index (χ3n) is 4.99. The van der Waals surface area contributed by atoms with Gasteiger partial charge in [0.1, 0.15) is 22.5 Å². The van der Waals surface area contributed by atoms with Crippen molar-refractivity contribution in [3.63, 3.8) is 0 Å². The summed E-state index contributed by atoms with van der Waals surface area (Å²) in [5.41, 5.74) is 3.37. The van der Waals surface area contributed by atoms with E-state index in [4.69, 9.17) is 9.47 Å². The number of anilines is 1. The molecular formula is C22H22N4O4. The lowest BCUT2D eigenvalue weighted by molar-refractivity contribution is -0.116. The molecule has 8 heteroatoms. The summed E-state index contributed by atoms with van der Waals surface area (Å²) < 4.78 is 11.9. The molecule has 0 radical (unpaired) electrons. The average molecular weight is 406 g/mol. The maximum Gasteiger partial charge on any atom is 0.277 e. The minimum Gasteiger partial charge on any atom is -0.497 e. The first kappa shape index (κ1) is 19.5. The van der Waals surface area contributed by atoms with E-state index in [1.54, 1.807) is 25.3 Å². The molecule has 0 saturated carbocycles. The van der Waals surface area contributed by atoms with E-state index in [2.05, 4.69) is 15.3 Å². The molecule has 0 aliphatic carbocycles. The Morgan fingerprint density at radius 1 is 1.17 bits per heavy atom. The number of benzene rings is 2. The molecule has 154 valence electrons. The number of nitrogens with zero attached hydrogens (tertiary/aromatic N) is 2. The van der Waals surface area contributed by atoms with Gasteiger partial charge < -0.3 is 19.8 Å². The van der Waals surface area contributed by atoms with E-state index in [0.717, 1.165) is 16.5 Å². The number of amides is 1. The lowest BCUT2D eigenvalue weighted by Gasteiger charge is -2.12. The third-order valence-corrected chi connectivity index (χ3v) is 4.99. The van der Waals surface area contributed by atoms with Crippen molar-refractivity contribution >= 4 is 33.5 Å². The van der Waals surface area contributed by atoms with Crippen LogP contribution in [0.5, 0.6) is 11.5 Å². The summed E-state index contributed by atoms with van der Waals surface area (Å²) >= 11 is 0. The van der Waals surface area contributed by atoms with Crippen molar-refractivity contribution in [2.75, 3.05) is 19.5 Å². The van der Waals surface area contributed by atoms with Crippen LogP contribution in [0.1, 0.15) is 12.0 Å². The van der Waals surface area contributed by atoms with Gasteiger partial charge in [0.05, 0.1) is 26.2 Å². The molecule has 1 amide bonds. The molecule has 0 aliphatic rings. The fourth-order valence-corrected chi connectivity index (χ4v) is 3.40. The highest BCUT2D eigenvalue weighted by Crippen LogP contribution is 2.29. The van der Waals surface area contributed by atoms with Crippen LogP contribution < -0.4 is 20.3 Å². The van der Waals surface area contributed by atoms with Crippen molar-refractivity contribution in [3.05, 3.63) is 58.6 Å². The molecule has 8 nitrogen and oxygen atoms in total. The summed E-state index contributed by atoms with van der Waals surface area (Å²) in [4.78, 5) is 32.9. The minimum atomic E-state index is -0.238. The van der Waals surface area contributed by atoms with Crippen LogP contribution in [-0.2, 0) is 11.3 Å². The van der Waals surface area contributed by atoms with E-state index in [-0.39, 0.29) is 24.4 Å². The second-order valence-electron chi connectivity index (χ2n) is 7.01. The van der Waals surface area contributed by atoms with E-state index in [0.29, 0.717) is 28.2 Å². The molecule has 0 bridgehead atoms. The van der Waals surface area contributed by atoms with Gasteiger partial charge in [0.15, 0.2) is 0 Å². The van der Waals surface area contributed by atoms with Gasteiger partial charge >= 0.3 is 0 Å². The number of rotatable bonds is 6. The molecule has 2 heterocycles. The van der Waals surface area contributed by atoms with Gasteiger partial charge in [0.2, 0.25) is 5.91 Å². The minimum absolute atomic E-state index is 0.113. The Kier molecular flexibility index (Phi) is 5.14. The van der Waals surface area contributed by atoms with Gasteiger partial charge in [-0.1, -0.05) is 11.6 Å². The Morgan fingerprint density at radius 2 is 2.00 bits per heavy atom. The highest BCUT2D eigenvalue weighted by Gasteiger charge is 2.13. The van der Waals surface area contributed by atoms with E-state index in [1.807, 2.05) is 25.1 Å². The lowest BCUT2D eigenvalue weighted by Crippen LogP contribution is -2.23. The van der Waals surface area contributed by atoms with E-state index in [9.17, 15) is 9.59 Å². The highest BCUT2D eigenvalue weighted by molar-refractivity contribution is 6.04. The van der Waals surface area contributed by atoms with Crippen molar-refractivity contribution in [2.24, 2.45) is 0 Å². The van der Waals surface area contributed by atoms with Gasteiger partial charge in [0, 0.05) is 29.9 Å². The maximum atomic E-state index is 12.9. The van der Waals surface area contributed by atoms with Gasteiger partial charge in [-0.15, -0.1) is 0 Å². The van der Waals surface area contributed by atoms with E-state index < -0.39 is 0 Å². The fourth-order valence-electron chi connectivity index (χ4n) is 3.40. The summed E-state index contributed by atoms with van der Waals surface area (Å²) in [6, 6.07) is 11.1. The molecule has 0 spiro atoms. The molecule has 30 heavy (non-hydrogen) atoms. The zero-order chi connectivity index (χ0) is 21.3. The van der Waals surface area contributed by atoms with Crippen molar-refractivity contribution in [1.29, 1.82) is 0 Å². The smallest absolute Gasteiger partial charge is 0.277 e. The molecule has 2 N–H and O–H groups in total. The molecule has 0 atom stereocenters. The first-order valence-electron chi connectivity index (χ1n) is 9.49. The number of aromatic nitrogens is 3. The Balaban J connectivity index is 1.52. The third kappa shape index (κ3) is 3.59. The van der Waals surface area contributed by atoms with Crippen LogP contribution in [0.25, 0.3) is 21.9 Å². The molecule has 0 saturated heterocycles. The highest BCUT2D eigenvalue weighted by atomic mass is 16.5. The number of H-pyrrole nitrogens is 1. The van der Waals surface area contributed by atoms with Gasteiger partial charge in [-0.3, -0.25) is 14.2 Å². The SMILES string of the molecule is COc1ccc(NC(=O)CCn2cnc3c([nH]c4ccc(C)cc43)c2=O)c(OC)c1. The monoisotopic (exact) mass is 406 g/mol. The number of carbonyl (C=O) groups excluding carboxylic acids is 1. The van der Waals surface area contributed by atoms with Crippen LogP contribution in [0.3, 0.4) is 0 Å². The van der Waals surface area contributed by atoms with Gasteiger partial charge in [-0.2, -0.15) is 0 Å². The summed E-state index contributed by atoms with van der Waals surface area (Å²) in [6.45, 7) is 2.20. The molecule has 2 aromatic carbocycles. The number of carbonyl (C=O) groups is 1. The first-order chi connectivity index (χ1) is 14.5. The second-order valence-corrected chi connectivity index (χ2v) is 7.01. The van der Waals surface area contributed by atoms with E-state index >= 15 is 0 Å². The molecule has 0 aliphatic heterocycles. The molecule has 4 aromatic rings. The lowest BCUT2D eigenvalue weighted by atomic mass is 10.2. The van der Waals surface area contributed by atoms with Crippen LogP contribution >= 0.6 is 0 Å². The van der Waals surface area contributed by atoms with Crippen molar-refractivity contribution in [3.8, 4) is 11.5 Å². The molecule has 0 unspecified atom stereocenters. The van der Waals surface area contributed by atoms with Gasteiger partial charge in [-0.05, 0) is 31.2 Å². The van der Waals surface area contributed by atoms with Crippen molar-refractivity contribution in [2.45, 2.75) is 19.9 Å². The standard InChI is InChI=1S/C22H22N4O4/c1-13-4-6-16-15(10-13)20-21(25-16)22(28)26(12-23-20)9-8-19(27)24-17-7-5-14(29-2)11-18(17)30-3/h4-7,10-12,25H,8-9H2,1-3H3,(H,24,27). The Hall–Kier alpha value is -3.81. The Morgan fingerprint density at radius 3 is 2.77 bits per heavy atom. The number of aryl methyl sites for hydroxylation is 2. The number of nitrogens with one attached hydrogen (secondary N) is 2. The fraction of sp³-hybridized carbons (Fsp3) is 0.227. The van der Waals surface area contributed by atoms with Crippen LogP contribution in [0.15, 0.2) is 47.5 Å². The number of ether oxygens (including phenoxy) is 2. The number of aromatic amines is 1. The predicted octanol–water partition coefficient (Wildman–Crippen LogP) is 3.23. The summed E-state index contributed by atoms with van der Waals surface area (Å²) in [5, 5.41) is 3.72. The second kappa shape index (κ2) is 7.90. The van der Waals surface area contributed by atoms with Crippen LogP contribution in [-0.4, -0.2) is 34.7 Å². The van der Waals surface area contributed by atoms with E-state index in [1.165, 1.54) is 18.0 Å². The number of hydrogen-bond donors (Lipinski definition) is 2. The zero-order valence-electron chi connectivity index (χ0n) is 17.0. The van der Waals surface area contributed by atoms with Crippen molar-refractivity contribution in [1.82, 2.24) is 14.5 Å². The summed E-state index contributed by atoms with van der Waals surface area (Å²) in [7, 11) is 3.08. The number of hydrogen-bond acceptors (Lipinski definition) is 5. The van der Waals surface area contributed by atoms with Gasteiger partial charge in [0.25, 0.3) is 5.56 Å². The van der Waals surface area contributed by atoms with Crippen molar-refractivity contribution < 1.29 is 14.3 Å². The van der Waals surface area contributed by atoms with Crippen LogP contribution in [0, 0.1) is 6.92 Å². The molecule has 4 rings (SSSR count). The zero-order valence-corrected chi connectivity index (χ0v) is 17.0. The Labute approximate surface area is 172 Å². The molecular weight excluding hydrogens is 384 g/mol. The van der Waals surface area contributed by atoms with Crippen LogP contribution in [0.4, 0.5) is 5.69 Å². The molecule has 0 fully saturated rings. The average Bonchev–Trinajstić information content (AvgIpc) is 3.12.